The molecule has 2 unspecified atom stereocenters. The third kappa shape index (κ3) is 5.71. The Bertz CT molecular complexity index is 923. The van der Waals surface area contributed by atoms with Gasteiger partial charge in [-0.25, -0.2) is 9.78 Å². The highest BCUT2D eigenvalue weighted by atomic mass is 35.5. The lowest BCUT2D eigenvalue weighted by Gasteiger charge is -2.25. The molecule has 1 saturated heterocycles. The van der Waals surface area contributed by atoms with Crippen molar-refractivity contribution < 1.29 is 22.7 Å². The van der Waals surface area contributed by atoms with Crippen molar-refractivity contribution in [1.82, 2.24) is 19.4 Å². The van der Waals surface area contributed by atoms with Crippen molar-refractivity contribution in [2.75, 3.05) is 26.2 Å². The van der Waals surface area contributed by atoms with Gasteiger partial charge < -0.3 is 19.1 Å². The zero-order valence-electron chi connectivity index (χ0n) is 17.1. The second-order valence-electron chi connectivity index (χ2n) is 8.37. The van der Waals surface area contributed by atoms with E-state index in [9.17, 15) is 18.0 Å². The molecule has 0 radical (unpaired) electrons. The van der Waals surface area contributed by atoms with Gasteiger partial charge in [0.2, 0.25) is 5.88 Å². The summed E-state index contributed by atoms with van der Waals surface area (Å²) in [4.78, 5) is 20.4. The summed E-state index contributed by atoms with van der Waals surface area (Å²) < 4.78 is 44.5. The number of aryl methyl sites for hydroxylation is 1. The zero-order valence-corrected chi connectivity index (χ0v) is 17.8. The number of alkyl halides is 3. The van der Waals surface area contributed by atoms with E-state index in [1.54, 1.807) is 41.2 Å². The average molecular weight is 457 g/mol. The summed E-state index contributed by atoms with van der Waals surface area (Å²) in [5.41, 5.74) is 0.878. The SMILES string of the molecule is Cn1cnc(OC(=O)N(Cc2cccc(Cl)c2)CC2C3CN(CCC(F)(F)F)CC32)c1. The van der Waals surface area contributed by atoms with Crippen LogP contribution in [-0.4, -0.2) is 57.8 Å². The number of nitrogens with zero attached hydrogens (tertiary/aromatic N) is 4. The van der Waals surface area contributed by atoms with E-state index >= 15 is 0 Å². The Morgan fingerprint density at radius 1 is 1.32 bits per heavy atom. The molecule has 4 rings (SSSR count). The molecule has 1 aromatic heterocycles. The highest BCUT2D eigenvalue weighted by Crippen LogP contribution is 2.52. The number of likely N-dealkylation sites (tertiary alicyclic amines) is 1. The maximum atomic E-state index is 12.9. The van der Waals surface area contributed by atoms with Crippen LogP contribution < -0.4 is 4.74 Å². The number of hydrogen-bond donors (Lipinski definition) is 0. The average Bonchev–Trinajstić information content (AvgIpc) is 3.02. The molecule has 2 aliphatic rings. The molecule has 0 bridgehead atoms. The van der Waals surface area contributed by atoms with Crippen LogP contribution in [0.5, 0.6) is 5.88 Å². The predicted octanol–water partition coefficient (Wildman–Crippen LogP) is 4.20. The van der Waals surface area contributed by atoms with Crippen molar-refractivity contribution >= 4 is 17.7 Å². The van der Waals surface area contributed by atoms with Crippen molar-refractivity contribution in [1.29, 1.82) is 0 Å². The maximum absolute atomic E-state index is 12.9. The van der Waals surface area contributed by atoms with Crippen LogP contribution >= 0.6 is 11.6 Å². The molecule has 6 nitrogen and oxygen atoms in total. The van der Waals surface area contributed by atoms with Gasteiger partial charge in [-0.1, -0.05) is 23.7 Å². The zero-order chi connectivity index (χ0) is 22.2. The Labute approximate surface area is 183 Å². The van der Waals surface area contributed by atoms with E-state index < -0.39 is 18.7 Å². The van der Waals surface area contributed by atoms with Crippen molar-refractivity contribution in [2.24, 2.45) is 24.8 Å². The van der Waals surface area contributed by atoms with Gasteiger partial charge in [0.1, 0.15) is 0 Å². The van der Waals surface area contributed by atoms with Gasteiger partial charge in [0.05, 0.1) is 18.9 Å². The molecule has 2 heterocycles. The van der Waals surface area contributed by atoms with E-state index in [1.165, 1.54) is 0 Å². The molecule has 1 aliphatic heterocycles. The topological polar surface area (TPSA) is 50.6 Å². The van der Waals surface area contributed by atoms with Crippen molar-refractivity contribution in [2.45, 2.75) is 19.1 Å². The van der Waals surface area contributed by atoms with Crippen LogP contribution in [0.25, 0.3) is 0 Å². The molecule has 2 atom stereocenters. The molecule has 2 fully saturated rings. The highest BCUT2D eigenvalue weighted by Gasteiger charge is 2.56. The molecule has 0 spiro atoms. The number of ether oxygens (including phenoxy) is 1. The molecule has 168 valence electrons. The summed E-state index contributed by atoms with van der Waals surface area (Å²) >= 11 is 6.08. The first-order valence-electron chi connectivity index (χ1n) is 10.2. The summed E-state index contributed by atoms with van der Waals surface area (Å²) in [6.45, 7) is 2.15. The minimum absolute atomic E-state index is 0.0389. The monoisotopic (exact) mass is 456 g/mol. The smallest absolute Gasteiger partial charge is 0.389 e. The van der Waals surface area contributed by atoms with Gasteiger partial charge in [-0.3, -0.25) is 0 Å². The van der Waals surface area contributed by atoms with Crippen molar-refractivity contribution in [3.8, 4) is 5.88 Å². The minimum Gasteiger partial charge on any atom is -0.389 e. The van der Waals surface area contributed by atoms with Gasteiger partial charge in [-0.05, 0) is 35.4 Å². The Morgan fingerprint density at radius 2 is 2.06 bits per heavy atom. The van der Waals surface area contributed by atoms with Crippen LogP contribution in [0, 0.1) is 17.8 Å². The highest BCUT2D eigenvalue weighted by molar-refractivity contribution is 6.30. The van der Waals surface area contributed by atoms with E-state index in [1.807, 2.05) is 17.0 Å². The van der Waals surface area contributed by atoms with Gasteiger partial charge in [0.25, 0.3) is 0 Å². The van der Waals surface area contributed by atoms with Crippen LogP contribution in [-0.2, 0) is 13.6 Å². The third-order valence-corrected chi connectivity index (χ3v) is 6.22. The summed E-state index contributed by atoms with van der Waals surface area (Å²) in [5, 5.41) is 0.583. The lowest BCUT2D eigenvalue weighted by atomic mass is 10.2. The normalized spacial score (nSPS) is 22.9. The fourth-order valence-corrected chi connectivity index (χ4v) is 4.60. The second kappa shape index (κ2) is 8.70. The van der Waals surface area contributed by atoms with Crippen LogP contribution in [0.3, 0.4) is 0 Å². The number of amides is 1. The van der Waals surface area contributed by atoms with Crippen molar-refractivity contribution in [3.63, 3.8) is 0 Å². The maximum Gasteiger partial charge on any atom is 0.416 e. The van der Waals surface area contributed by atoms with Crippen LogP contribution in [0.4, 0.5) is 18.0 Å². The molecule has 31 heavy (non-hydrogen) atoms. The number of rotatable bonds is 7. The molecule has 0 N–H and O–H groups in total. The van der Waals surface area contributed by atoms with Gasteiger partial charge >= 0.3 is 12.3 Å². The van der Waals surface area contributed by atoms with E-state index in [4.69, 9.17) is 16.3 Å². The number of aromatic nitrogens is 2. The molecule has 10 heteroatoms. The van der Waals surface area contributed by atoms with Gasteiger partial charge in [-0.2, -0.15) is 13.2 Å². The van der Waals surface area contributed by atoms with Crippen molar-refractivity contribution in [3.05, 3.63) is 47.4 Å². The van der Waals surface area contributed by atoms with Gasteiger partial charge in [-0.15, -0.1) is 0 Å². The quantitative estimate of drug-likeness (QED) is 0.626. The molecular formula is C21H24ClF3N4O2. The first-order valence-corrected chi connectivity index (χ1v) is 10.5. The van der Waals surface area contributed by atoms with Crippen LogP contribution in [0.2, 0.25) is 5.02 Å². The standard InChI is InChI=1S/C21H24ClF3N4O2/c1-27-12-19(26-13-27)31-20(30)29(8-14-3-2-4-15(22)7-14)11-18-16-9-28(10-17(16)18)6-5-21(23,24)25/h2-4,7,12-13,16-18H,5-6,8-11H2,1H3. The fourth-order valence-electron chi connectivity index (χ4n) is 4.38. The molecule has 1 saturated carbocycles. The number of fused-ring (bicyclic) bond motifs is 1. The minimum atomic E-state index is -4.13. The first kappa shape index (κ1) is 22.0. The molecule has 1 amide bonds. The van der Waals surface area contributed by atoms with E-state index in [0.29, 0.717) is 43.0 Å². The van der Waals surface area contributed by atoms with Crippen LogP contribution in [0.15, 0.2) is 36.8 Å². The largest absolute Gasteiger partial charge is 0.416 e. The number of imidazole rings is 1. The number of carbonyl (C=O) groups excluding carboxylic acids is 1. The lowest BCUT2D eigenvalue weighted by Crippen LogP contribution is -2.37. The number of hydrogen-bond acceptors (Lipinski definition) is 4. The Balaban J connectivity index is 1.37. The Kier molecular flexibility index (Phi) is 6.16. The molecular weight excluding hydrogens is 433 g/mol. The number of piperidine rings is 1. The fraction of sp³-hybridized carbons (Fsp3) is 0.524. The van der Waals surface area contributed by atoms with E-state index in [0.717, 1.165) is 5.56 Å². The number of benzene rings is 1. The summed E-state index contributed by atoms with van der Waals surface area (Å²) in [6.07, 6.45) is -2.26. The Hall–Kier alpha value is -2.26. The molecule has 1 aliphatic carbocycles. The Morgan fingerprint density at radius 3 is 2.68 bits per heavy atom. The predicted molar refractivity (Wildman–Crippen MR) is 109 cm³/mol. The molecule has 1 aromatic carbocycles. The second-order valence-corrected chi connectivity index (χ2v) is 8.81. The summed E-state index contributed by atoms with van der Waals surface area (Å²) in [7, 11) is 1.78. The first-order chi connectivity index (χ1) is 14.7. The van der Waals surface area contributed by atoms with E-state index in [2.05, 4.69) is 4.98 Å². The lowest BCUT2D eigenvalue weighted by molar-refractivity contribution is -0.137. The molecule has 2 aromatic rings. The summed E-state index contributed by atoms with van der Waals surface area (Å²) in [6, 6.07) is 7.28. The van der Waals surface area contributed by atoms with E-state index in [-0.39, 0.29) is 18.3 Å². The summed E-state index contributed by atoms with van der Waals surface area (Å²) in [5.74, 6) is 1.12. The number of carbonyl (C=O) groups is 1. The number of halogens is 4. The van der Waals surface area contributed by atoms with Gasteiger partial charge in [0.15, 0.2) is 0 Å². The third-order valence-electron chi connectivity index (χ3n) is 5.98. The van der Waals surface area contributed by atoms with Crippen LogP contribution in [0.1, 0.15) is 12.0 Å². The van der Waals surface area contributed by atoms with Gasteiger partial charge in [0, 0.05) is 44.8 Å².